The molecular formula is C18H17NO. The van der Waals surface area contributed by atoms with Crippen LogP contribution in [0.2, 0.25) is 0 Å². The molecule has 0 spiro atoms. The molecule has 0 unspecified atom stereocenters. The predicted octanol–water partition coefficient (Wildman–Crippen LogP) is 4.07. The molecule has 20 heavy (non-hydrogen) atoms. The van der Waals surface area contributed by atoms with Crippen molar-refractivity contribution in [2.24, 2.45) is 0 Å². The number of hydrogen-bond donors (Lipinski definition) is 1. The van der Waals surface area contributed by atoms with Crippen LogP contribution in [0, 0.1) is 6.92 Å². The van der Waals surface area contributed by atoms with E-state index in [0.717, 1.165) is 34.1 Å². The fraction of sp³-hybridized carbons (Fsp3) is 0.167. The second kappa shape index (κ2) is 4.97. The number of H-pyrrole nitrogens is 1. The normalized spacial score (nSPS) is 10.9. The molecule has 100 valence electrons. The van der Waals surface area contributed by atoms with E-state index in [-0.39, 0.29) is 5.43 Å². The SMILES string of the molecule is CCc1ccc2[nH]c(-c3ccccc3)c(C)c(=O)c2c1. The van der Waals surface area contributed by atoms with Gasteiger partial charge >= 0.3 is 0 Å². The summed E-state index contributed by atoms with van der Waals surface area (Å²) in [5, 5.41) is 0.779. The van der Waals surface area contributed by atoms with E-state index in [4.69, 9.17) is 0 Å². The van der Waals surface area contributed by atoms with Crippen LogP contribution in [0.3, 0.4) is 0 Å². The Morgan fingerprint density at radius 1 is 1.05 bits per heavy atom. The number of aromatic nitrogens is 1. The van der Waals surface area contributed by atoms with Gasteiger partial charge in [-0.25, -0.2) is 0 Å². The van der Waals surface area contributed by atoms with Crippen molar-refractivity contribution in [1.82, 2.24) is 4.98 Å². The van der Waals surface area contributed by atoms with Gasteiger partial charge in [-0.1, -0.05) is 43.3 Å². The number of benzene rings is 2. The number of hydrogen-bond acceptors (Lipinski definition) is 1. The molecule has 3 rings (SSSR count). The fourth-order valence-corrected chi connectivity index (χ4v) is 2.55. The first-order valence-electron chi connectivity index (χ1n) is 6.91. The highest BCUT2D eigenvalue weighted by Crippen LogP contribution is 2.22. The average molecular weight is 263 g/mol. The molecule has 1 N–H and O–H groups in total. The number of aromatic amines is 1. The van der Waals surface area contributed by atoms with Crippen molar-refractivity contribution in [1.29, 1.82) is 0 Å². The Labute approximate surface area is 118 Å². The van der Waals surface area contributed by atoms with E-state index >= 15 is 0 Å². The fourth-order valence-electron chi connectivity index (χ4n) is 2.55. The van der Waals surface area contributed by atoms with Crippen molar-refractivity contribution in [3.8, 4) is 11.3 Å². The van der Waals surface area contributed by atoms with Crippen molar-refractivity contribution in [3.05, 3.63) is 69.9 Å². The van der Waals surface area contributed by atoms with Gasteiger partial charge in [-0.3, -0.25) is 4.79 Å². The first-order valence-corrected chi connectivity index (χ1v) is 6.91. The summed E-state index contributed by atoms with van der Waals surface area (Å²) in [6, 6.07) is 16.1. The molecule has 2 heteroatoms. The summed E-state index contributed by atoms with van der Waals surface area (Å²) in [6.45, 7) is 3.99. The van der Waals surface area contributed by atoms with Gasteiger partial charge in [0, 0.05) is 16.5 Å². The van der Waals surface area contributed by atoms with Gasteiger partial charge in [0.15, 0.2) is 5.43 Å². The number of fused-ring (bicyclic) bond motifs is 1. The Bertz CT molecular complexity index is 816. The summed E-state index contributed by atoms with van der Waals surface area (Å²) >= 11 is 0. The monoisotopic (exact) mass is 263 g/mol. The molecule has 2 nitrogen and oxygen atoms in total. The molecule has 0 bridgehead atoms. The highest BCUT2D eigenvalue weighted by atomic mass is 16.1. The first kappa shape index (κ1) is 12.7. The van der Waals surface area contributed by atoms with Crippen LogP contribution in [-0.2, 0) is 6.42 Å². The maximum absolute atomic E-state index is 12.6. The highest BCUT2D eigenvalue weighted by Gasteiger charge is 2.10. The number of aryl methyl sites for hydroxylation is 1. The Hall–Kier alpha value is -2.35. The van der Waals surface area contributed by atoms with Gasteiger partial charge in [0.1, 0.15) is 0 Å². The molecule has 0 saturated heterocycles. The molecule has 0 aliphatic carbocycles. The lowest BCUT2D eigenvalue weighted by atomic mass is 10.0. The number of rotatable bonds is 2. The summed E-state index contributed by atoms with van der Waals surface area (Å²) in [5.41, 5.74) is 4.94. The number of nitrogens with one attached hydrogen (secondary N) is 1. The third kappa shape index (κ3) is 2.03. The van der Waals surface area contributed by atoms with Crippen LogP contribution in [0.5, 0.6) is 0 Å². The molecule has 0 amide bonds. The van der Waals surface area contributed by atoms with Crippen molar-refractivity contribution >= 4 is 10.9 Å². The molecule has 1 aromatic heterocycles. The van der Waals surface area contributed by atoms with Gasteiger partial charge in [0.25, 0.3) is 0 Å². The van der Waals surface area contributed by atoms with Crippen LogP contribution < -0.4 is 5.43 Å². The highest BCUT2D eigenvalue weighted by molar-refractivity contribution is 5.83. The van der Waals surface area contributed by atoms with E-state index in [2.05, 4.69) is 18.0 Å². The van der Waals surface area contributed by atoms with E-state index in [1.807, 2.05) is 49.4 Å². The van der Waals surface area contributed by atoms with Gasteiger partial charge in [-0.2, -0.15) is 0 Å². The predicted molar refractivity (Wildman–Crippen MR) is 84.1 cm³/mol. The Morgan fingerprint density at radius 2 is 1.80 bits per heavy atom. The minimum absolute atomic E-state index is 0.118. The Morgan fingerprint density at radius 3 is 2.50 bits per heavy atom. The minimum atomic E-state index is 0.118. The molecule has 3 aromatic rings. The second-order valence-electron chi connectivity index (χ2n) is 5.05. The molecule has 1 heterocycles. The zero-order chi connectivity index (χ0) is 14.1. The summed E-state index contributed by atoms with van der Waals surface area (Å²) in [5.74, 6) is 0. The third-order valence-corrected chi connectivity index (χ3v) is 3.77. The topological polar surface area (TPSA) is 32.9 Å². The molecule has 0 aliphatic rings. The van der Waals surface area contributed by atoms with Gasteiger partial charge in [-0.05, 0) is 36.6 Å². The molecule has 0 radical (unpaired) electrons. The zero-order valence-corrected chi connectivity index (χ0v) is 11.7. The van der Waals surface area contributed by atoms with Crippen LogP contribution in [0.1, 0.15) is 18.1 Å². The van der Waals surface area contributed by atoms with Crippen LogP contribution in [0.4, 0.5) is 0 Å². The molecule has 2 aromatic carbocycles. The summed E-state index contributed by atoms with van der Waals surface area (Å²) in [6.07, 6.45) is 0.939. The average Bonchev–Trinajstić information content (AvgIpc) is 2.51. The molecule has 0 atom stereocenters. The smallest absolute Gasteiger partial charge is 0.192 e. The lowest BCUT2D eigenvalue weighted by Crippen LogP contribution is -2.09. The standard InChI is InChI=1S/C18H17NO/c1-3-13-9-10-16-15(11-13)18(20)12(2)17(19-16)14-7-5-4-6-8-14/h4-11H,3H2,1-2H3,(H,19,20). The summed E-state index contributed by atoms with van der Waals surface area (Å²) in [7, 11) is 0. The summed E-state index contributed by atoms with van der Waals surface area (Å²) in [4.78, 5) is 16.0. The van der Waals surface area contributed by atoms with Crippen LogP contribution in [0.15, 0.2) is 53.3 Å². The largest absolute Gasteiger partial charge is 0.354 e. The maximum atomic E-state index is 12.6. The third-order valence-electron chi connectivity index (χ3n) is 3.77. The zero-order valence-electron chi connectivity index (χ0n) is 11.7. The first-order chi connectivity index (χ1) is 9.70. The Kier molecular flexibility index (Phi) is 3.15. The van der Waals surface area contributed by atoms with Gasteiger partial charge in [-0.15, -0.1) is 0 Å². The minimum Gasteiger partial charge on any atom is -0.354 e. The van der Waals surface area contributed by atoms with Crippen molar-refractivity contribution < 1.29 is 0 Å². The quantitative estimate of drug-likeness (QED) is 0.743. The second-order valence-corrected chi connectivity index (χ2v) is 5.05. The molecule has 0 saturated carbocycles. The van der Waals surface area contributed by atoms with Crippen molar-refractivity contribution in [3.63, 3.8) is 0 Å². The van der Waals surface area contributed by atoms with Gasteiger partial charge < -0.3 is 4.98 Å². The van der Waals surface area contributed by atoms with E-state index in [0.29, 0.717) is 0 Å². The molecule has 0 fully saturated rings. The molecular weight excluding hydrogens is 246 g/mol. The summed E-state index contributed by atoms with van der Waals surface area (Å²) < 4.78 is 0. The number of pyridine rings is 1. The lowest BCUT2D eigenvalue weighted by molar-refractivity contribution is 1.14. The van der Waals surface area contributed by atoms with Crippen LogP contribution >= 0.6 is 0 Å². The van der Waals surface area contributed by atoms with Gasteiger partial charge in [0.05, 0.1) is 5.69 Å². The lowest BCUT2D eigenvalue weighted by Gasteiger charge is -2.09. The van der Waals surface area contributed by atoms with E-state index in [9.17, 15) is 4.79 Å². The van der Waals surface area contributed by atoms with Gasteiger partial charge in [0.2, 0.25) is 0 Å². The van der Waals surface area contributed by atoms with Crippen LogP contribution in [-0.4, -0.2) is 4.98 Å². The van der Waals surface area contributed by atoms with E-state index in [1.54, 1.807) is 0 Å². The maximum Gasteiger partial charge on any atom is 0.192 e. The van der Waals surface area contributed by atoms with Crippen molar-refractivity contribution in [2.75, 3.05) is 0 Å². The van der Waals surface area contributed by atoms with Crippen molar-refractivity contribution in [2.45, 2.75) is 20.3 Å². The Balaban J connectivity index is 2.32. The molecule has 0 aliphatic heterocycles. The van der Waals surface area contributed by atoms with E-state index < -0.39 is 0 Å². The van der Waals surface area contributed by atoms with E-state index in [1.165, 1.54) is 5.56 Å². The van der Waals surface area contributed by atoms with Crippen LogP contribution in [0.25, 0.3) is 22.2 Å².